The van der Waals surface area contributed by atoms with Crippen molar-refractivity contribution in [3.63, 3.8) is 0 Å². The lowest BCUT2D eigenvalue weighted by Crippen LogP contribution is -2.31. The van der Waals surface area contributed by atoms with Crippen molar-refractivity contribution in [2.45, 2.75) is 6.92 Å². The highest BCUT2D eigenvalue weighted by atomic mass is 16.2. The van der Waals surface area contributed by atoms with Gasteiger partial charge in [-0.3, -0.25) is 9.58 Å². The molecular formula is C17H18N4O. The van der Waals surface area contributed by atoms with Crippen LogP contribution in [0.25, 0.3) is 10.9 Å². The van der Waals surface area contributed by atoms with Gasteiger partial charge in [0.25, 0.3) is 0 Å². The van der Waals surface area contributed by atoms with Gasteiger partial charge >= 0.3 is 6.03 Å². The number of anilines is 2. The van der Waals surface area contributed by atoms with Crippen LogP contribution in [-0.4, -0.2) is 22.9 Å². The van der Waals surface area contributed by atoms with E-state index in [1.54, 1.807) is 11.9 Å². The first-order chi connectivity index (χ1) is 10.6. The molecular weight excluding hydrogens is 276 g/mol. The molecule has 5 nitrogen and oxygen atoms in total. The number of para-hydroxylation sites is 1. The maximum atomic E-state index is 12.3. The van der Waals surface area contributed by atoms with Crippen molar-refractivity contribution >= 4 is 28.3 Å². The molecule has 0 bridgehead atoms. The third-order valence-corrected chi connectivity index (χ3v) is 3.83. The zero-order valence-corrected chi connectivity index (χ0v) is 12.9. The average Bonchev–Trinajstić information content (AvgIpc) is 2.81. The van der Waals surface area contributed by atoms with Gasteiger partial charge in [-0.1, -0.05) is 18.2 Å². The van der Waals surface area contributed by atoms with E-state index in [9.17, 15) is 4.79 Å². The summed E-state index contributed by atoms with van der Waals surface area (Å²) in [6.07, 6.45) is 0. The van der Waals surface area contributed by atoms with E-state index in [0.29, 0.717) is 0 Å². The van der Waals surface area contributed by atoms with Crippen LogP contribution < -0.4 is 10.2 Å². The minimum Gasteiger partial charge on any atom is -0.308 e. The van der Waals surface area contributed by atoms with Gasteiger partial charge < -0.3 is 5.32 Å². The van der Waals surface area contributed by atoms with Crippen LogP contribution in [0.2, 0.25) is 0 Å². The second-order valence-electron chi connectivity index (χ2n) is 5.27. The number of aryl methyl sites for hydroxylation is 2. The lowest BCUT2D eigenvalue weighted by molar-refractivity contribution is 0.258. The molecule has 3 aromatic rings. The van der Waals surface area contributed by atoms with Gasteiger partial charge in [-0.25, -0.2) is 4.79 Å². The summed E-state index contributed by atoms with van der Waals surface area (Å²) in [5.74, 6) is 0. The van der Waals surface area contributed by atoms with Crippen molar-refractivity contribution in [1.82, 2.24) is 9.78 Å². The highest BCUT2D eigenvalue weighted by molar-refractivity contribution is 6.02. The average molecular weight is 294 g/mol. The number of carbonyl (C=O) groups excluding carboxylic acids is 1. The Hall–Kier alpha value is -2.82. The van der Waals surface area contributed by atoms with E-state index in [-0.39, 0.29) is 6.03 Å². The zero-order valence-electron chi connectivity index (χ0n) is 12.9. The van der Waals surface area contributed by atoms with Crippen LogP contribution in [0, 0.1) is 6.92 Å². The smallest absolute Gasteiger partial charge is 0.308 e. The summed E-state index contributed by atoms with van der Waals surface area (Å²) < 4.78 is 1.85. The summed E-state index contributed by atoms with van der Waals surface area (Å²) in [7, 11) is 3.66. The zero-order chi connectivity index (χ0) is 15.7. The number of rotatable bonds is 2. The topological polar surface area (TPSA) is 50.2 Å². The van der Waals surface area contributed by atoms with Crippen molar-refractivity contribution in [3.05, 3.63) is 54.2 Å². The molecule has 2 aromatic carbocycles. The lowest BCUT2D eigenvalue weighted by atomic mass is 10.2. The molecule has 112 valence electrons. The maximum absolute atomic E-state index is 12.3. The van der Waals surface area contributed by atoms with Crippen molar-refractivity contribution in [2.75, 3.05) is 17.3 Å². The predicted molar refractivity (Wildman–Crippen MR) is 89.3 cm³/mol. The number of carbonyl (C=O) groups is 1. The van der Waals surface area contributed by atoms with Gasteiger partial charge in [-0.05, 0) is 37.3 Å². The van der Waals surface area contributed by atoms with Crippen LogP contribution in [0.4, 0.5) is 16.2 Å². The Morgan fingerprint density at radius 2 is 1.91 bits per heavy atom. The number of nitrogens with one attached hydrogen (secondary N) is 1. The van der Waals surface area contributed by atoms with Crippen LogP contribution >= 0.6 is 0 Å². The summed E-state index contributed by atoms with van der Waals surface area (Å²) in [6, 6.07) is 15.1. The summed E-state index contributed by atoms with van der Waals surface area (Å²) in [4.78, 5) is 13.9. The molecule has 1 N–H and O–H groups in total. The van der Waals surface area contributed by atoms with Gasteiger partial charge in [0, 0.05) is 36.6 Å². The van der Waals surface area contributed by atoms with Gasteiger partial charge in [0.1, 0.15) is 0 Å². The van der Waals surface area contributed by atoms with Crippen LogP contribution in [0.1, 0.15) is 5.69 Å². The second kappa shape index (κ2) is 5.52. The van der Waals surface area contributed by atoms with Gasteiger partial charge in [0.2, 0.25) is 0 Å². The summed E-state index contributed by atoms with van der Waals surface area (Å²) in [5, 5.41) is 8.42. The van der Waals surface area contributed by atoms with Crippen LogP contribution in [0.5, 0.6) is 0 Å². The fraction of sp³-hybridized carbons (Fsp3) is 0.176. The number of nitrogens with zero attached hydrogens (tertiary/aromatic N) is 3. The number of hydrogen-bond donors (Lipinski definition) is 1. The first-order valence-electron chi connectivity index (χ1n) is 7.09. The lowest BCUT2D eigenvalue weighted by Gasteiger charge is -2.18. The Kier molecular flexibility index (Phi) is 3.55. The maximum Gasteiger partial charge on any atom is 0.326 e. The van der Waals surface area contributed by atoms with Crippen LogP contribution in [0.15, 0.2) is 48.5 Å². The van der Waals surface area contributed by atoms with Gasteiger partial charge in [-0.15, -0.1) is 0 Å². The number of amides is 2. The van der Waals surface area contributed by atoms with Gasteiger partial charge in [-0.2, -0.15) is 5.10 Å². The van der Waals surface area contributed by atoms with E-state index < -0.39 is 0 Å². The molecule has 0 fully saturated rings. The molecule has 0 atom stereocenters. The standard InChI is InChI=1S/C17H18N4O/c1-12-15-10-9-14(11-16(15)19-21(12)3)20(2)17(22)18-13-7-5-4-6-8-13/h4-11H,1-3H3,(H,18,22). The summed E-state index contributed by atoms with van der Waals surface area (Å²) >= 11 is 0. The van der Waals surface area contributed by atoms with Crippen molar-refractivity contribution in [3.8, 4) is 0 Å². The fourth-order valence-electron chi connectivity index (χ4n) is 2.37. The number of fused-ring (bicyclic) bond motifs is 1. The van der Waals surface area contributed by atoms with Crippen molar-refractivity contribution in [1.29, 1.82) is 0 Å². The Morgan fingerprint density at radius 3 is 2.64 bits per heavy atom. The molecule has 0 spiro atoms. The Morgan fingerprint density at radius 1 is 1.18 bits per heavy atom. The highest BCUT2D eigenvalue weighted by Crippen LogP contribution is 2.23. The highest BCUT2D eigenvalue weighted by Gasteiger charge is 2.13. The van der Waals surface area contributed by atoms with E-state index in [1.807, 2.05) is 67.2 Å². The van der Waals surface area contributed by atoms with E-state index >= 15 is 0 Å². The molecule has 0 aliphatic carbocycles. The Balaban J connectivity index is 1.85. The van der Waals surface area contributed by atoms with E-state index in [2.05, 4.69) is 10.4 Å². The third-order valence-electron chi connectivity index (χ3n) is 3.83. The van der Waals surface area contributed by atoms with Crippen LogP contribution in [0.3, 0.4) is 0 Å². The minimum atomic E-state index is -0.182. The van der Waals surface area contributed by atoms with E-state index in [0.717, 1.165) is 28.0 Å². The number of hydrogen-bond acceptors (Lipinski definition) is 2. The predicted octanol–water partition coefficient (Wildman–Crippen LogP) is 3.55. The molecule has 1 heterocycles. The third kappa shape index (κ3) is 2.53. The Labute approximate surface area is 129 Å². The first-order valence-corrected chi connectivity index (χ1v) is 7.09. The van der Waals surface area contributed by atoms with Crippen molar-refractivity contribution < 1.29 is 4.79 Å². The molecule has 5 heteroatoms. The molecule has 2 amide bonds. The number of aromatic nitrogens is 2. The quantitative estimate of drug-likeness (QED) is 0.785. The molecule has 22 heavy (non-hydrogen) atoms. The molecule has 0 unspecified atom stereocenters. The number of urea groups is 1. The summed E-state index contributed by atoms with van der Waals surface area (Å²) in [6.45, 7) is 2.03. The molecule has 0 aliphatic rings. The minimum absolute atomic E-state index is 0.182. The molecule has 0 saturated heterocycles. The Bertz CT molecular complexity index is 823. The van der Waals surface area contributed by atoms with Gasteiger partial charge in [0.05, 0.1) is 5.52 Å². The molecule has 0 saturated carbocycles. The van der Waals surface area contributed by atoms with Gasteiger partial charge in [0.15, 0.2) is 0 Å². The van der Waals surface area contributed by atoms with Crippen LogP contribution in [-0.2, 0) is 7.05 Å². The monoisotopic (exact) mass is 294 g/mol. The van der Waals surface area contributed by atoms with E-state index in [1.165, 1.54) is 0 Å². The van der Waals surface area contributed by atoms with Crippen molar-refractivity contribution in [2.24, 2.45) is 7.05 Å². The normalized spacial score (nSPS) is 10.7. The largest absolute Gasteiger partial charge is 0.326 e. The first kappa shape index (κ1) is 14.1. The summed E-state index contributed by atoms with van der Waals surface area (Å²) in [5.41, 5.74) is 3.57. The number of benzene rings is 2. The molecule has 0 aliphatic heterocycles. The molecule has 0 radical (unpaired) electrons. The fourth-order valence-corrected chi connectivity index (χ4v) is 2.37. The molecule has 1 aromatic heterocycles. The SMILES string of the molecule is Cc1c2ccc(N(C)C(=O)Nc3ccccc3)cc2nn1C. The second-order valence-corrected chi connectivity index (χ2v) is 5.27. The molecule has 3 rings (SSSR count). The van der Waals surface area contributed by atoms with E-state index in [4.69, 9.17) is 0 Å².